The maximum atomic E-state index is 12.6. The number of aromatic nitrogens is 2. The number of methoxy groups -OCH3 is 1. The Morgan fingerprint density at radius 3 is 2.81 bits per heavy atom. The summed E-state index contributed by atoms with van der Waals surface area (Å²) < 4.78 is 5.90. The lowest BCUT2D eigenvalue weighted by Crippen LogP contribution is -2.44. The number of ether oxygens (including phenoxy) is 1. The number of aromatic amines is 1. The summed E-state index contributed by atoms with van der Waals surface area (Å²) in [5, 5.41) is 0.594. The summed E-state index contributed by atoms with van der Waals surface area (Å²) in [7, 11) is 1.65. The number of benzene rings is 1. The van der Waals surface area contributed by atoms with Crippen LogP contribution < -0.4 is 10.3 Å². The van der Waals surface area contributed by atoms with Crippen molar-refractivity contribution in [1.29, 1.82) is 0 Å². The summed E-state index contributed by atoms with van der Waals surface area (Å²) in [6.07, 6.45) is 0. The molecule has 0 amide bonds. The Morgan fingerprint density at radius 2 is 2.07 bits per heavy atom. The third-order valence-electron chi connectivity index (χ3n) is 5.17. The Labute approximate surface area is 166 Å². The molecule has 0 spiro atoms. The van der Waals surface area contributed by atoms with Gasteiger partial charge in [0.2, 0.25) is 0 Å². The highest BCUT2D eigenvalue weighted by molar-refractivity contribution is 8.00. The first-order valence-corrected chi connectivity index (χ1v) is 10.9. The summed E-state index contributed by atoms with van der Waals surface area (Å²) in [4.78, 5) is 23.8. The Kier molecular flexibility index (Phi) is 5.25. The van der Waals surface area contributed by atoms with Gasteiger partial charge in [-0.25, -0.2) is 4.98 Å². The maximum Gasteiger partial charge on any atom is 0.268 e. The third kappa shape index (κ3) is 3.77. The molecule has 1 saturated heterocycles. The molecule has 1 N–H and O–H groups in total. The van der Waals surface area contributed by atoms with E-state index in [1.54, 1.807) is 7.11 Å². The van der Waals surface area contributed by atoms with E-state index in [4.69, 9.17) is 9.72 Å². The van der Waals surface area contributed by atoms with Gasteiger partial charge in [0, 0.05) is 28.5 Å². The van der Waals surface area contributed by atoms with Crippen LogP contribution in [0.4, 0.5) is 0 Å². The lowest BCUT2D eigenvalue weighted by molar-refractivity contribution is 0.199. The third-order valence-corrected chi connectivity index (χ3v) is 7.68. The fourth-order valence-electron chi connectivity index (χ4n) is 3.37. The number of fused-ring (bicyclic) bond motifs is 1. The maximum absolute atomic E-state index is 12.6. The predicted molar refractivity (Wildman–Crippen MR) is 114 cm³/mol. The number of rotatable bonds is 4. The van der Waals surface area contributed by atoms with E-state index in [2.05, 4.69) is 23.7 Å². The van der Waals surface area contributed by atoms with E-state index in [-0.39, 0.29) is 5.56 Å². The molecule has 1 aliphatic rings. The first kappa shape index (κ1) is 18.5. The average molecular weight is 402 g/mol. The monoisotopic (exact) mass is 401 g/mol. The average Bonchev–Trinajstić information content (AvgIpc) is 3.10. The van der Waals surface area contributed by atoms with Crippen molar-refractivity contribution in [3.05, 3.63) is 46.5 Å². The van der Waals surface area contributed by atoms with Gasteiger partial charge in [-0.2, -0.15) is 11.8 Å². The van der Waals surface area contributed by atoms with Crippen molar-refractivity contribution in [2.75, 3.05) is 19.4 Å². The van der Waals surface area contributed by atoms with Crippen LogP contribution in [0, 0.1) is 0 Å². The van der Waals surface area contributed by atoms with E-state index in [1.165, 1.54) is 11.3 Å². The molecule has 1 fully saturated rings. The second-order valence-electron chi connectivity index (χ2n) is 6.85. The van der Waals surface area contributed by atoms with Gasteiger partial charge < -0.3 is 9.72 Å². The summed E-state index contributed by atoms with van der Waals surface area (Å²) in [6.45, 7) is 6.23. The Balaban J connectivity index is 1.64. The van der Waals surface area contributed by atoms with Crippen LogP contribution in [-0.2, 0) is 6.54 Å². The van der Waals surface area contributed by atoms with Gasteiger partial charge in [-0.3, -0.25) is 9.69 Å². The summed E-state index contributed by atoms with van der Waals surface area (Å²) in [5.41, 5.74) is 1.79. The normalized spacial score (nSPS) is 20.9. The van der Waals surface area contributed by atoms with Gasteiger partial charge in [0.15, 0.2) is 0 Å². The molecule has 0 bridgehead atoms. The van der Waals surface area contributed by atoms with Crippen molar-refractivity contribution in [2.45, 2.75) is 31.7 Å². The van der Waals surface area contributed by atoms with E-state index in [0.717, 1.165) is 39.8 Å². The summed E-state index contributed by atoms with van der Waals surface area (Å²) in [6, 6.07) is 10.4. The lowest BCUT2D eigenvalue weighted by Gasteiger charge is -2.37. The number of nitrogens with zero attached hydrogens (tertiary/aromatic N) is 2. The van der Waals surface area contributed by atoms with Crippen molar-refractivity contribution < 1.29 is 4.74 Å². The van der Waals surface area contributed by atoms with Crippen molar-refractivity contribution in [3.63, 3.8) is 0 Å². The van der Waals surface area contributed by atoms with Crippen LogP contribution in [-0.4, -0.2) is 45.6 Å². The first-order chi connectivity index (χ1) is 13.0. The number of hydrogen-bond donors (Lipinski definition) is 1. The van der Waals surface area contributed by atoms with Gasteiger partial charge in [0.05, 0.1) is 19.2 Å². The van der Waals surface area contributed by atoms with E-state index in [9.17, 15) is 4.79 Å². The minimum absolute atomic E-state index is 0.0492. The highest BCUT2D eigenvalue weighted by Crippen LogP contribution is 2.32. The van der Waals surface area contributed by atoms with E-state index in [0.29, 0.717) is 22.5 Å². The molecule has 0 radical (unpaired) electrons. The Hall–Kier alpha value is -1.83. The number of thioether (sulfide) groups is 1. The molecule has 5 nitrogen and oxygen atoms in total. The molecule has 27 heavy (non-hydrogen) atoms. The molecule has 7 heteroatoms. The molecule has 1 aromatic carbocycles. The van der Waals surface area contributed by atoms with Gasteiger partial charge in [-0.05, 0) is 42.8 Å². The Bertz CT molecular complexity index is 997. The second kappa shape index (κ2) is 7.66. The van der Waals surface area contributed by atoms with Crippen molar-refractivity contribution in [2.24, 2.45) is 0 Å². The van der Waals surface area contributed by atoms with Gasteiger partial charge in [0.25, 0.3) is 5.56 Å². The van der Waals surface area contributed by atoms with E-state index < -0.39 is 0 Å². The molecular weight excluding hydrogens is 378 g/mol. The molecule has 142 valence electrons. The molecule has 2 aromatic heterocycles. The number of hydrogen-bond acceptors (Lipinski definition) is 6. The van der Waals surface area contributed by atoms with Crippen LogP contribution in [0.1, 0.15) is 19.7 Å². The second-order valence-corrected chi connectivity index (χ2v) is 9.39. The van der Waals surface area contributed by atoms with Crippen LogP contribution in [0.3, 0.4) is 0 Å². The van der Waals surface area contributed by atoms with Gasteiger partial charge in [0.1, 0.15) is 16.3 Å². The minimum atomic E-state index is -0.0492. The highest BCUT2D eigenvalue weighted by Gasteiger charge is 2.25. The van der Waals surface area contributed by atoms with Crippen LogP contribution >= 0.6 is 23.1 Å². The molecule has 3 aromatic rings. The topological polar surface area (TPSA) is 58.2 Å². The quantitative estimate of drug-likeness (QED) is 0.716. The largest absolute Gasteiger partial charge is 0.497 e. The lowest BCUT2D eigenvalue weighted by atomic mass is 10.2. The van der Waals surface area contributed by atoms with Crippen molar-refractivity contribution >= 4 is 33.3 Å². The first-order valence-electron chi connectivity index (χ1n) is 9.08. The molecular formula is C20H23N3O2S2. The van der Waals surface area contributed by atoms with Crippen LogP contribution in [0.15, 0.2) is 35.1 Å². The molecule has 2 atom stereocenters. The molecule has 3 heterocycles. The van der Waals surface area contributed by atoms with Crippen LogP contribution in [0.25, 0.3) is 20.7 Å². The van der Waals surface area contributed by atoms with Gasteiger partial charge in [-0.15, -0.1) is 11.3 Å². The summed E-state index contributed by atoms with van der Waals surface area (Å²) >= 11 is 3.49. The van der Waals surface area contributed by atoms with Crippen molar-refractivity contribution in [1.82, 2.24) is 14.9 Å². The molecule has 4 rings (SSSR count). The number of thiophene rings is 1. The smallest absolute Gasteiger partial charge is 0.268 e. The molecule has 0 saturated carbocycles. The van der Waals surface area contributed by atoms with Crippen LogP contribution in [0.2, 0.25) is 0 Å². The van der Waals surface area contributed by atoms with Crippen molar-refractivity contribution in [3.8, 4) is 16.2 Å². The highest BCUT2D eigenvalue weighted by atomic mass is 32.2. The van der Waals surface area contributed by atoms with Gasteiger partial charge >= 0.3 is 0 Å². The fourth-order valence-corrected chi connectivity index (χ4v) is 5.53. The zero-order valence-electron chi connectivity index (χ0n) is 15.7. The molecule has 1 aliphatic heterocycles. The minimum Gasteiger partial charge on any atom is -0.497 e. The standard InChI is InChI=1S/C20H23N3O2S2/c1-12-13(2)26-9-8-23(12)11-18-21-16-10-17(27-19(16)20(24)22-18)14-4-6-15(25-3)7-5-14/h4-7,10,12-13H,8-9,11H2,1-3H3,(H,21,22,24). The SMILES string of the molecule is COc1ccc(-c2cc3nc(CN4CCSC(C)C4C)[nH]c(=O)c3s2)cc1. The van der Waals surface area contributed by atoms with Crippen LogP contribution in [0.5, 0.6) is 5.75 Å². The Morgan fingerprint density at radius 1 is 1.30 bits per heavy atom. The zero-order chi connectivity index (χ0) is 19.0. The fraction of sp³-hybridized carbons (Fsp3) is 0.400. The van der Waals surface area contributed by atoms with E-state index in [1.807, 2.05) is 42.1 Å². The number of H-pyrrole nitrogens is 1. The van der Waals surface area contributed by atoms with E-state index >= 15 is 0 Å². The number of nitrogens with one attached hydrogen (secondary N) is 1. The zero-order valence-corrected chi connectivity index (χ0v) is 17.3. The molecule has 2 unspecified atom stereocenters. The molecule has 0 aliphatic carbocycles. The predicted octanol–water partition coefficient (Wildman–Crippen LogP) is 3.99. The summed E-state index contributed by atoms with van der Waals surface area (Å²) in [5.74, 6) is 2.69. The van der Waals surface area contributed by atoms with Gasteiger partial charge in [-0.1, -0.05) is 6.92 Å².